The molecule has 1 aromatic heterocycles. The smallest absolute Gasteiger partial charge is 0.341 e. The number of hydrogen-bond acceptors (Lipinski definition) is 5. The Labute approximate surface area is 158 Å². The van der Waals surface area contributed by atoms with Crippen LogP contribution in [0.2, 0.25) is 0 Å². The van der Waals surface area contributed by atoms with Crippen molar-refractivity contribution in [1.82, 2.24) is 25.0 Å². The molecule has 1 amide bonds. The van der Waals surface area contributed by atoms with Crippen LogP contribution in [0.25, 0.3) is 0 Å². The van der Waals surface area contributed by atoms with Gasteiger partial charge in [0.25, 0.3) is 5.91 Å². The fraction of sp³-hybridized carbons (Fsp3) is 0.526. The summed E-state index contributed by atoms with van der Waals surface area (Å²) in [6.07, 6.45) is 3.24. The van der Waals surface area contributed by atoms with Crippen LogP contribution in [0.15, 0.2) is 29.1 Å². The van der Waals surface area contributed by atoms with Gasteiger partial charge in [0.15, 0.2) is 0 Å². The fourth-order valence-electron chi connectivity index (χ4n) is 3.61. The van der Waals surface area contributed by atoms with Gasteiger partial charge in [0, 0.05) is 26.7 Å². The Kier molecular flexibility index (Phi) is 6.28. The summed E-state index contributed by atoms with van der Waals surface area (Å²) >= 11 is 0. The van der Waals surface area contributed by atoms with E-state index in [4.69, 9.17) is 4.74 Å². The Morgan fingerprint density at radius 2 is 2.15 bits per heavy atom. The first-order chi connectivity index (χ1) is 13.0. The van der Waals surface area contributed by atoms with Crippen LogP contribution in [0, 0.1) is 5.92 Å². The van der Waals surface area contributed by atoms with E-state index in [9.17, 15) is 9.59 Å². The molecular formula is C19H27N5O3. The van der Waals surface area contributed by atoms with E-state index < -0.39 is 5.69 Å². The summed E-state index contributed by atoms with van der Waals surface area (Å²) in [5.41, 5.74) is 0.835. The van der Waals surface area contributed by atoms with Gasteiger partial charge in [-0.1, -0.05) is 12.1 Å². The predicted octanol–water partition coefficient (Wildman–Crippen LogP) is 1.13. The predicted molar refractivity (Wildman–Crippen MR) is 102 cm³/mol. The third kappa shape index (κ3) is 5.19. The molecule has 0 saturated carbocycles. The zero-order chi connectivity index (χ0) is 19.2. The third-order valence-corrected chi connectivity index (χ3v) is 5.06. The summed E-state index contributed by atoms with van der Waals surface area (Å²) in [6, 6.07) is 8.21. The zero-order valence-electron chi connectivity index (χ0n) is 15.9. The lowest BCUT2D eigenvalue weighted by atomic mass is 9.97. The van der Waals surface area contributed by atoms with Crippen LogP contribution in [-0.2, 0) is 6.42 Å². The van der Waals surface area contributed by atoms with Gasteiger partial charge in [0.1, 0.15) is 5.75 Å². The second-order valence-corrected chi connectivity index (χ2v) is 7.12. The Hall–Kier alpha value is -2.61. The van der Waals surface area contributed by atoms with E-state index in [1.165, 1.54) is 5.56 Å². The molecule has 2 heterocycles. The highest BCUT2D eigenvalue weighted by Gasteiger charge is 2.24. The number of methoxy groups -OCH3 is 1. The van der Waals surface area contributed by atoms with Crippen LogP contribution in [0.4, 0.5) is 0 Å². The standard InChI is InChI=1S/C19H27N5O3/c1-23(18(25)17-20-19(26)22-21-17)12-15-4-3-10-24(13-15)11-9-14-5-7-16(27-2)8-6-14/h5-8,15H,3-4,9-13H2,1-2H3,(H2,20,21,22,26). The van der Waals surface area contributed by atoms with E-state index in [0.29, 0.717) is 12.5 Å². The first-order valence-corrected chi connectivity index (χ1v) is 9.30. The molecule has 1 aromatic carbocycles. The topological polar surface area (TPSA) is 94.3 Å². The van der Waals surface area contributed by atoms with Gasteiger partial charge in [0.05, 0.1) is 7.11 Å². The number of piperidine rings is 1. The number of carbonyl (C=O) groups is 1. The molecule has 1 aliphatic heterocycles. The van der Waals surface area contributed by atoms with E-state index in [1.807, 2.05) is 12.1 Å². The molecule has 3 rings (SSSR count). The lowest BCUT2D eigenvalue weighted by Crippen LogP contribution is -2.42. The van der Waals surface area contributed by atoms with Crippen molar-refractivity contribution in [1.29, 1.82) is 0 Å². The maximum absolute atomic E-state index is 12.3. The van der Waals surface area contributed by atoms with Gasteiger partial charge >= 0.3 is 5.69 Å². The minimum Gasteiger partial charge on any atom is -0.497 e. The number of nitrogens with zero attached hydrogens (tertiary/aromatic N) is 3. The van der Waals surface area contributed by atoms with Crippen LogP contribution in [0.5, 0.6) is 5.75 Å². The molecule has 146 valence electrons. The SMILES string of the molecule is COc1ccc(CCN2CCCC(CN(C)C(=O)c3n[nH]c(=O)[nH]3)C2)cc1. The number of aromatic amines is 2. The number of nitrogens with one attached hydrogen (secondary N) is 2. The highest BCUT2D eigenvalue weighted by atomic mass is 16.5. The maximum Gasteiger partial charge on any atom is 0.341 e. The molecule has 1 saturated heterocycles. The quantitative estimate of drug-likeness (QED) is 0.759. The fourth-order valence-corrected chi connectivity index (χ4v) is 3.61. The van der Waals surface area contributed by atoms with Crippen molar-refractivity contribution in [2.75, 3.05) is 40.3 Å². The van der Waals surface area contributed by atoms with Gasteiger partial charge in [-0.15, -0.1) is 5.10 Å². The van der Waals surface area contributed by atoms with Crippen LogP contribution in [0.3, 0.4) is 0 Å². The van der Waals surface area contributed by atoms with Crippen LogP contribution in [-0.4, -0.2) is 71.2 Å². The summed E-state index contributed by atoms with van der Waals surface area (Å²) in [5, 5.41) is 5.95. The molecule has 0 radical (unpaired) electrons. The first kappa shape index (κ1) is 19.2. The highest BCUT2D eigenvalue weighted by Crippen LogP contribution is 2.19. The molecule has 0 aliphatic carbocycles. The summed E-state index contributed by atoms with van der Waals surface area (Å²) in [5.74, 6) is 1.11. The van der Waals surface area contributed by atoms with Crippen molar-refractivity contribution in [3.63, 3.8) is 0 Å². The summed E-state index contributed by atoms with van der Waals surface area (Å²) in [6.45, 7) is 3.74. The number of aromatic nitrogens is 3. The average Bonchev–Trinajstić information content (AvgIpc) is 3.12. The first-order valence-electron chi connectivity index (χ1n) is 9.30. The Morgan fingerprint density at radius 1 is 1.37 bits per heavy atom. The lowest BCUT2D eigenvalue weighted by Gasteiger charge is -2.34. The highest BCUT2D eigenvalue weighted by molar-refractivity contribution is 5.90. The van der Waals surface area contributed by atoms with E-state index in [0.717, 1.165) is 44.6 Å². The third-order valence-electron chi connectivity index (χ3n) is 5.06. The molecule has 1 fully saturated rings. The molecule has 27 heavy (non-hydrogen) atoms. The van der Waals surface area contributed by atoms with Crippen LogP contribution < -0.4 is 10.4 Å². The lowest BCUT2D eigenvalue weighted by molar-refractivity contribution is 0.0719. The van der Waals surface area contributed by atoms with Crippen LogP contribution in [0.1, 0.15) is 29.0 Å². The van der Waals surface area contributed by atoms with Crippen molar-refractivity contribution in [2.45, 2.75) is 19.3 Å². The van der Waals surface area contributed by atoms with Gasteiger partial charge < -0.3 is 14.5 Å². The zero-order valence-corrected chi connectivity index (χ0v) is 15.9. The molecule has 2 aromatic rings. The largest absolute Gasteiger partial charge is 0.497 e. The molecule has 0 spiro atoms. The van der Waals surface area contributed by atoms with Crippen molar-refractivity contribution in [2.24, 2.45) is 5.92 Å². The van der Waals surface area contributed by atoms with Gasteiger partial charge in [-0.25, -0.2) is 9.89 Å². The molecule has 1 aliphatic rings. The number of hydrogen-bond donors (Lipinski definition) is 2. The van der Waals surface area contributed by atoms with Gasteiger partial charge in [-0.05, 0) is 49.4 Å². The molecule has 8 nitrogen and oxygen atoms in total. The second-order valence-electron chi connectivity index (χ2n) is 7.12. The molecule has 2 N–H and O–H groups in total. The van der Waals surface area contributed by atoms with Crippen molar-refractivity contribution in [3.8, 4) is 5.75 Å². The molecule has 8 heteroatoms. The van der Waals surface area contributed by atoms with Gasteiger partial charge in [0.2, 0.25) is 5.82 Å². The van der Waals surface area contributed by atoms with Crippen molar-refractivity contribution >= 4 is 5.91 Å². The number of likely N-dealkylation sites (tertiary alicyclic amines) is 1. The van der Waals surface area contributed by atoms with Crippen LogP contribution >= 0.6 is 0 Å². The van der Waals surface area contributed by atoms with Gasteiger partial charge in [-0.3, -0.25) is 9.78 Å². The monoisotopic (exact) mass is 373 g/mol. The Morgan fingerprint density at radius 3 is 2.81 bits per heavy atom. The number of H-pyrrole nitrogens is 2. The second kappa shape index (κ2) is 8.85. The normalized spacial score (nSPS) is 17.6. The molecular weight excluding hydrogens is 346 g/mol. The number of amides is 1. The average molecular weight is 373 g/mol. The number of carbonyl (C=O) groups excluding carboxylic acids is 1. The minimum absolute atomic E-state index is 0.0645. The van der Waals surface area contributed by atoms with E-state index in [1.54, 1.807) is 19.1 Å². The van der Waals surface area contributed by atoms with E-state index in [2.05, 4.69) is 32.2 Å². The summed E-state index contributed by atoms with van der Waals surface area (Å²) < 4.78 is 5.20. The Balaban J connectivity index is 1.48. The van der Waals surface area contributed by atoms with Gasteiger partial charge in [-0.2, -0.15) is 0 Å². The Bertz CT molecular complexity index is 798. The molecule has 1 atom stereocenters. The maximum atomic E-state index is 12.3. The van der Waals surface area contributed by atoms with Crippen molar-refractivity contribution in [3.05, 3.63) is 46.1 Å². The number of rotatable bonds is 7. The number of ether oxygens (including phenoxy) is 1. The number of benzene rings is 1. The summed E-state index contributed by atoms with van der Waals surface area (Å²) in [7, 11) is 3.43. The van der Waals surface area contributed by atoms with E-state index >= 15 is 0 Å². The molecule has 0 bridgehead atoms. The molecule has 1 unspecified atom stereocenters. The summed E-state index contributed by atoms with van der Waals surface area (Å²) in [4.78, 5) is 30.0. The minimum atomic E-state index is -0.464. The van der Waals surface area contributed by atoms with Crippen molar-refractivity contribution < 1.29 is 9.53 Å². The van der Waals surface area contributed by atoms with E-state index in [-0.39, 0.29) is 11.7 Å².